The Kier molecular flexibility index (Phi) is 5.72. The number of nitrogens with one attached hydrogen (secondary N) is 2. The number of rotatable bonds is 6. The van der Waals surface area contributed by atoms with Gasteiger partial charge in [-0.15, -0.1) is 0 Å². The molecule has 0 radical (unpaired) electrons. The van der Waals surface area contributed by atoms with Crippen molar-refractivity contribution >= 4 is 5.91 Å². The van der Waals surface area contributed by atoms with Crippen LogP contribution in [-0.4, -0.2) is 37.7 Å². The highest BCUT2D eigenvalue weighted by atomic mass is 16.5. The molecule has 1 amide bonds. The summed E-state index contributed by atoms with van der Waals surface area (Å²) in [4.78, 5) is 11.4. The van der Waals surface area contributed by atoms with Crippen LogP contribution in [0.5, 0.6) is 0 Å². The Morgan fingerprint density at radius 2 is 2.07 bits per heavy atom. The SMILES string of the molecule is CCOC(C)(C)CNC(=O)C(C)NC. The summed E-state index contributed by atoms with van der Waals surface area (Å²) in [6.07, 6.45) is 0. The fraction of sp³-hybridized carbons (Fsp3) is 0.900. The molecule has 0 bridgehead atoms. The normalized spacial score (nSPS) is 13.8. The van der Waals surface area contributed by atoms with E-state index in [1.165, 1.54) is 0 Å². The fourth-order valence-corrected chi connectivity index (χ4v) is 1.03. The van der Waals surface area contributed by atoms with Gasteiger partial charge in [0.05, 0.1) is 11.6 Å². The van der Waals surface area contributed by atoms with Gasteiger partial charge in [0.2, 0.25) is 5.91 Å². The summed E-state index contributed by atoms with van der Waals surface area (Å²) in [6.45, 7) is 8.88. The average Bonchev–Trinajstić information content (AvgIpc) is 2.13. The van der Waals surface area contributed by atoms with Crippen LogP contribution in [0.15, 0.2) is 0 Å². The molecule has 4 heteroatoms. The van der Waals surface area contributed by atoms with Crippen LogP contribution in [0, 0.1) is 0 Å². The van der Waals surface area contributed by atoms with Crippen molar-refractivity contribution in [2.45, 2.75) is 39.3 Å². The molecule has 0 heterocycles. The van der Waals surface area contributed by atoms with Crippen LogP contribution in [0.1, 0.15) is 27.7 Å². The van der Waals surface area contributed by atoms with Gasteiger partial charge in [0.1, 0.15) is 0 Å². The standard InChI is InChI=1S/C10H22N2O2/c1-6-14-10(3,4)7-12-9(13)8(2)11-5/h8,11H,6-7H2,1-5H3,(H,12,13). The molecule has 14 heavy (non-hydrogen) atoms. The van der Waals surface area contributed by atoms with Crippen molar-refractivity contribution in [2.24, 2.45) is 0 Å². The summed E-state index contributed by atoms with van der Waals surface area (Å²) >= 11 is 0. The minimum absolute atomic E-state index is 0.000257. The van der Waals surface area contributed by atoms with Crippen molar-refractivity contribution < 1.29 is 9.53 Å². The molecule has 0 rings (SSSR count). The fourth-order valence-electron chi connectivity index (χ4n) is 1.03. The monoisotopic (exact) mass is 202 g/mol. The topological polar surface area (TPSA) is 50.4 Å². The molecular weight excluding hydrogens is 180 g/mol. The number of carbonyl (C=O) groups excluding carboxylic acids is 1. The Labute approximate surface area is 86.4 Å². The van der Waals surface area contributed by atoms with Crippen LogP contribution in [0.3, 0.4) is 0 Å². The molecule has 0 saturated carbocycles. The van der Waals surface area contributed by atoms with Gasteiger partial charge in [0.25, 0.3) is 0 Å². The Balaban J connectivity index is 3.87. The van der Waals surface area contributed by atoms with E-state index in [4.69, 9.17) is 4.74 Å². The molecule has 0 aromatic rings. The number of hydrogen-bond donors (Lipinski definition) is 2. The van der Waals surface area contributed by atoms with Crippen LogP contribution in [0.2, 0.25) is 0 Å². The number of likely N-dealkylation sites (N-methyl/N-ethyl adjacent to an activating group) is 1. The summed E-state index contributed by atoms with van der Waals surface area (Å²) in [7, 11) is 1.76. The van der Waals surface area contributed by atoms with Crippen LogP contribution in [-0.2, 0) is 9.53 Å². The van der Waals surface area contributed by atoms with E-state index < -0.39 is 0 Å². The second-order valence-electron chi connectivity index (χ2n) is 3.92. The van der Waals surface area contributed by atoms with E-state index in [1.807, 2.05) is 27.7 Å². The number of ether oxygens (including phenoxy) is 1. The van der Waals surface area contributed by atoms with Gasteiger partial charge in [-0.25, -0.2) is 0 Å². The van der Waals surface area contributed by atoms with Crippen LogP contribution >= 0.6 is 0 Å². The Morgan fingerprint density at radius 1 is 1.50 bits per heavy atom. The van der Waals surface area contributed by atoms with Gasteiger partial charge in [-0.2, -0.15) is 0 Å². The molecule has 0 aromatic heterocycles. The molecule has 1 atom stereocenters. The van der Waals surface area contributed by atoms with E-state index in [2.05, 4.69) is 10.6 Å². The molecule has 0 spiro atoms. The maximum absolute atomic E-state index is 11.4. The third kappa shape index (κ3) is 5.19. The van der Waals surface area contributed by atoms with Gasteiger partial charge < -0.3 is 15.4 Å². The lowest BCUT2D eigenvalue weighted by atomic mass is 10.1. The third-order valence-corrected chi connectivity index (χ3v) is 2.05. The highest BCUT2D eigenvalue weighted by Gasteiger charge is 2.19. The Morgan fingerprint density at radius 3 is 2.50 bits per heavy atom. The molecular formula is C10H22N2O2. The van der Waals surface area contributed by atoms with Crippen molar-refractivity contribution in [3.63, 3.8) is 0 Å². The largest absolute Gasteiger partial charge is 0.374 e. The average molecular weight is 202 g/mol. The summed E-state index contributed by atoms with van der Waals surface area (Å²) in [5.41, 5.74) is -0.294. The summed E-state index contributed by atoms with van der Waals surface area (Å²) in [5, 5.41) is 5.71. The predicted octanol–water partition coefficient (Wildman–Crippen LogP) is 0.526. The van der Waals surface area contributed by atoms with Crippen LogP contribution in [0.25, 0.3) is 0 Å². The second-order valence-corrected chi connectivity index (χ2v) is 3.92. The zero-order chi connectivity index (χ0) is 11.2. The first kappa shape index (κ1) is 13.4. The molecule has 0 saturated heterocycles. The molecule has 0 aliphatic rings. The van der Waals surface area contributed by atoms with Gasteiger partial charge in [-0.05, 0) is 34.7 Å². The van der Waals surface area contributed by atoms with Crippen LogP contribution < -0.4 is 10.6 Å². The number of hydrogen-bond acceptors (Lipinski definition) is 3. The minimum Gasteiger partial charge on any atom is -0.374 e. The number of amides is 1. The van der Waals surface area contributed by atoms with Gasteiger partial charge in [-0.1, -0.05) is 0 Å². The van der Waals surface area contributed by atoms with Gasteiger partial charge >= 0.3 is 0 Å². The summed E-state index contributed by atoms with van der Waals surface area (Å²) in [6, 6.07) is -0.160. The van der Waals surface area contributed by atoms with Gasteiger partial charge in [0, 0.05) is 13.2 Å². The molecule has 0 aromatic carbocycles. The zero-order valence-electron chi connectivity index (χ0n) is 9.81. The highest BCUT2D eigenvalue weighted by Crippen LogP contribution is 2.06. The van der Waals surface area contributed by atoms with E-state index >= 15 is 0 Å². The van der Waals surface area contributed by atoms with Crippen molar-refractivity contribution in [1.29, 1.82) is 0 Å². The molecule has 0 fully saturated rings. The van der Waals surface area contributed by atoms with E-state index in [0.29, 0.717) is 13.2 Å². The molecule has 2 N–H and O–H groups in total. The van der Waals surface area contributed by atoms with E-state index in [1.54, 1.807) is 7.05 Å². The first-order valence-electron chi connectivity index (χ1n) is 5.02. The quantitative estimate of drug-likeness (QED) is 0.660. The number of carbonyl (C=O) groups is 1. The van der Waals surface area contributed by atoms with E-state index in [9.17, 15) is 4.79 Å². The lowest BCUT2D eigenvalue weighted by Crippen LogP contribution is -2.46. The van der Waals surface area contributed by atoms with Crippen molar-refractivity contribution in [1.82, 2.24) is 10.6 Å². The van der Waals surface area contributed by atoms with Crippen molar-refractivity contribution in [3.05, 3.63) is 0 Å². The first-order valence-corrected chi connectivity index (χ1v) is 5.02. The second kappa shape index (κ2) is 5.98. The van der Waals surface area contributed by atoms with Gasteiger partial charge in [0.15, 0.2) is 0 Å². The zero-order valence-corrected chi connectivity index (χ0v) is 9.81. The lowest BCUT2D eigenvalue weighted by molar-refractivity contribution is -0.124. The highest BCUT2D eigenvalue weighted by molar-refractivity contribution is 5.81. The van der Waals surface area contributed by atoms with Crippen molar-refractivity contribution in [2.75, 3.05) is 20.2 Å². The Hall–Kier alpha value is -0.610. The van der Waals surface area contributed by atoms with Crippen molar-refractivity contribution in [3.8, 4) is 0 Å². The maximum Gasteiger partial charge on any atom is 0.236 e. The summed E-state index contributed by atoms with van der Waals surface area (Å²) < 4.78 is 5.46. The first-order chi connectivity index (χ1) is 6.43. The maximum atomic E-state index is 11.4. The minimum atomic E-state index is -0.294. The lowest BCUT2D eigenvalue weighted by Gasteiger charge is -2.25. The van der Waals surface area contributed by atoms with Crippen LogP contribution in [0.4, 0.5) is 0 Å². The smallest absolute Gasteiger partial charge is 0.236 e. The molecule has 84 valence electrons. The van der Waals surface area contributed by atoms with E-state index in [0.717, 1.165) is 0 Å². The van der Waals surface area contributed by atoms with E-state index in [-0.39, 0.29) is 17.6 Å². The molecule has 1 unspecified atom stereocenters. The predicted molar refractivity (Wildman–Crippen MR) is 57.2 cm³/mol. The Bertz CT molecular complexity index is 181. The summed E-state index contributed by atoms with van der Waals surface area (Å²) in [5.74, 6) is 0.000257. The molecule has 0 aliphatic heterocycles. The van der Waals surface area contributed by atoms with Gasteiger partial charge in [-0.3, -0.25) is 4.79 Å². The molecule has 4 nitrogen and oxygen atoms in total. The third-order valence-electron chi connectivity index (χ3n) is 2.05. The molecule has 0 aliphatic carbocycles.